The van der Waals surface area contributed by atoms with Crippen LogP contribution in [0.2, 0.25) is 0 Å². The van der Waals surface area contributed by atoms with Crippen LogP contribution >= 0.6 is 11.3 Å². The fourth-order valence-corrected chi connectivity index (χ4v) is 2.60. The molecule has 2 heterocycles. The van der Waals surface area contributed by atoms with Gasteiger partial charge in [0.2, 0.25) is 5.91 Å². The molecular formula is C14H18N2O3S. The Kier molecular flexibility index (Phi) is 5.31. The second kappa shape index (κ2) is 7.21. The lowest BCUT2D eigenvalue weighted by atomic mass is 10.1. The predicted octanol–water partition coefficient (Wildman–Crippen LogP) is 1.92. The summed E-state index contributed by atoms with van der Waals surface area (Å²) in [5.74, 6) is -0.155. The van der Waals surface area contributed by atoms with Crippen molar-refractivity contribution in [1.29, 1.82) is 0 Å². The molecule has 6 heteroatoms. The lowest BCUT2D eigenvalue weighted by molar-refractivity contribution is -0.117. The van der Waals surface area contributed by atoms with Gasteiger partial charge in [-0.25, -0.2) is 0 Å². The zero-order chi connectivity index (χ0) is 14.4. The summed E-state index contributed by atoms with van der Waals surface area (Å²) >= 11 is 1.49. The first kappa shape index (κ1) is 14.7. The summed E-state index contributed by atoms with van der Waals surface area (Å²) in [6.45, 7) is 2.52. The monoisotopic (exact) mass is 294 g/mol. The Morgan fingerprint density at radius 2 is 2.55 bits per heavy atom. The molecule has 0 saturated carbocycles. The molecule has 5 nitrogen and oxygen atoms in total. The van der Waals surface area contributed by atoms with Gasteiger partial charge in [-0.2, -0.15) is 0 Å². The van der Waals surface area contributed by atoms with Crippen molar-refractivity contribution in [3.8, 4) is 0 Å². The largest absolute Gasteiger partial charge is 0.392 e. The average Bonchev–Trinajstić information content (AvgIpc) is 3.11. The van der Waals surface area contributed by atoms with E-state index >= 15 is 0 Å². The van der Waals surface area contributed by atoms with Gasteiger partial charge in [-0.1, -0.05) is 12.1 Å². The molecule has 1 aromatic rings. The number of aliphatic hydroxyl groups excluding tert-OH is 1. The average molecular weight is 294 g/mol. The molecule has 2 N–H and O–H groups in total. The van der Waals surface area contributed by atoms with Crippen LogP contribution in [0.25, 0.3) is 6.08 Å². The Balaban J connectivity index is 1.73. The highest BCUT2D eigenvalue weighted by atomic mass is 32.1. The van der Waals surface area contributed by atoms with Crippen molar-refractivity contribution >= 4 is 29.0 Å². The Bertz CT molecular complexity index is 522. The molecular weight excluding hydrogens is 276 g/mol. The first-order valence-corrected chi connectivity index (χ1v) is 7.45. The van der Waals surface area contributed by atoms with Gasteiger partial charge < -0.3 is 15.3 Å². The van der Waals surface area contributed by atoms with Gasteiger partial charge in [0.1, 0.15) is 6.10 Å². The van der Waals surface area contributed by atoms with E-state index in [9.17, 15) is 4.79 Å². The van der Waals surface area contributed by atoms with Crippen LogP contribution in [0.15, 0.2) is 22.7 Å². The van der Waals surface area contributed by atoms with Gasteiger partial charge in [0.05, 0.1) is 18.9 Å². The van der Waals surface area contributed by atoms with Gasteiger partial charge in [-0.05, 0) is 29.5 Å². The number of aliphatic hydroxyl groups is 1. The van der Waals surface area contributed by atoms with Crippen LogP contribution < -0.4 is 5.32 Å². The normalized spacial score (nSPS) is 18.1. The van der Waals surface area contributed by atoms with Crippen LogP contribution in [0.3, 0.4) is 0 Å². The molecule has 1 aliphatic heterocycles. The number of thiophene rings is 1. The van der Waals surface area contributed by atoms with Crippen molar-refractivity contribution in [1.82, 2.24) is 5.32 Å². The maximum absolute atomic E-state index is 11.7. The topological polar surface area (TPSA) is 70.9 Å². The molecule has 0 aromatic carbocycles. The summed E-state index contributed by atoms with van der Waals surface area (Å²) in [6, 6.07) is 1.86. The molecule has 0 bridgehead atoms. The zero-order valence-corrected chi connectivity index (χ0v) is 12.2. The lowest BCUT2D eigenvalue weighted by Crippen LogP contribution is -2.31. The molecule has 0 fully saturated rings. The molecule has 1 amide bonds. The number of amides is 1. The minimum Gasteiger partial charge on any atom is -0.392 e. The Hall–Kier alpha value is -1.66. The first-order valence-electron chi connectivity index (χ1n) is 6.57. The van der Waals surface area contributed by atoms with Crippen molar-refractivity contribution in [2.24, 2.45) is 5.16 Å². The molecule has 0 spiro atoms. The van der Waals surface area contributed by atoms with Gasteiger partial charge in [-0.15, -0.1) is 11.3 Å². The minimum atomic E-state index is -0.155. The van der Waals surface area contributed by atoms with Crippen LogP contribution in [0.5, 0.6) is 0 Å². The third-order valence-corrected chi connectivity index (χ3v) is 3.91. The van der Waals surface area contributed by atoms with E-state index in [1.807, 2.05) is 18.4 Å². The molecule has 108 valence electrons. The number of oxime groups is 1. The molecule has 0 radical (unpaired) electrons. The zero-order valence-electron chi connectivity index (χ0n) is 11.3. The van der Waals surface area contributed by atoms with Gasteiger partial charge in [0, 0.05) is 17.4 Å². The van der Waals surface area contributed by atoms with E-state index in [0.29, 0.717) is 6.54 Å². The quantitative estimate of drug-likeness (QED) is 0.788. The van der Waals surface area contributed by atoms with E-state index in [-0.39, 0.29) is 18.6 Å². The SMILES string of the molecule is CCC1=NOC(CNC(=O)/C=C/c2cc(CO)cs2)C1. The van der Waals surface area contributed by atoms with Gasteiger partial charge in [0.15, 0.2) is 0 Å². The van der Waals surface area contributed by atoms with Crippen LogP contribution in [0.1, 0.15) is 30.2 Å². The maximum Gasteiger partial charge on any atom is 0.244 e. The molecule has 0 saturated heterocycles. The van der Waals surface area contributed by atoms with Gasteiger partial charge in [-0.3, -0.25) is 4.79 Å². The molecule has 1 aliphatic rings. The van der Waals surface area contributed by atoms with Crippen LogP contribution in [-0.4, -0.2) is 29.4 Å². The molecule has 1 atom stereocenters. The van der Waals surface area contributed by atoms with Crippen molar-refractivity contribution < 1.29 is 14.7 Å². The molecule has 1 aromatic heterocycles. The Morgan fingerprint density at radius 1 is 1.70 bits per heavy atom. The minimum absolute atomic E-state index is 0.0231. The van der Waals surface area contributed by atoms with E-state index in [1.54, 1.807) is 6.08 Å². The van der Waals surface area contributed by atoms with Crippen molar-refractivity contribution in [2.75, 3.05) is 6.54 Å². The second-order valence-corrected chi connectivity index (χ2v) is 5.48. The lowest BCUT2D eigenvalue weighted by Gasteiger charge is -2.07. The highest BCUT2D eigenvalue weighted by Crippen LogP contribution is 2.16. The first-order chi connectivity index (χ1) is 9.71. The van der Waals surface area contributed by atoms with Crippen LogP contribution in [0.4, 0.5) is 0 Å². The Labute approximate surface area is 121 Å². The molecule has 2 rings (SSSR count). The van der Waals surface area contributed by atoms with Crippen molar-refractivity contribution in [3.05, 3.63) is 28.0 Å². The summed E-state index contributed by atoms with van der Waals surface area (Å²) in [4.78, 5) is 17.8. The third kappa shape index (κ3) is 4.18. The summed E-state index contributed by atoms with van der Waals surface area (Å²) in [7, 11) is 0. The Morgan fingerprint density at radius 3 is 3.20 bits per heavy atom. The molecule has 1 unspecified atom stereocenters. The van der Waals surface area contributed by atoms with E-state index in [2.05, 4.69) is 10.5 Å². The third-order valence-electron chi connectivity index (χ3n) is 2.96. The summed E-state index contributed by atoms with van der Waals surface area (Å²) in [5, 5.41) is 17.6. The maximum atomic E-state index is 11.7. The van der Waals surface area contributed by atoms with E-state index in [0.717, 1.165) is 29.0 Å². The highest BCUT2D eigenvalue weighted by Gasteiger charge is 2.19. The van der Waals surface area contributed by atoms with Crippen molar-refractivity contribution in [3.63, 3.8) is 0 Å². The fourth-order valence-electron chi connectivity index (χ4n) is 1.80. The van der Waals surface area contributed by atoms with E-state index in [1.165, 1.54) is 17.4 Å². The second-order valence-electron chi connectivity index (χ2n) is 4.54. The highest BCUT2D eigenvalue weighted by molar-refractivity contribution is 7.11. The smallest absolute Gasteiger partial charge is 0.244 e. The standard InChI is InChI=1S/C14H18N2O3S/c1-2-11-6-12(19-16-11)7-15-14(18)4-3-13-5-10(8-17)9-20-13/h3-5,9,12,17H,2,6-8H2,1H3,(H,15,18)/b4-3+. The summed E-state index contributed by atoms with van der Waals surface area (Å²) in [5.41, 5.74) is 1.90. The number of rotatable bonds is 6. The predicted molar refractivity (Wildman–Crippen MR) is 79.5 cm³/mol. The number of hydrogen-bond acceptors (Lipinski definition) is 5. The number of nitrogens with zero attached hydrogens (tertiary/aromatic N) is 1. The summed E-state index contributed by atoms with van der Waals surface area (Å²) in [6.07, 6.45) is 4.85. The van der Waals surface area contributed by atoms with Crippen LogP contribution in [0, 0.1) is 0 Å². The summed E-state index contributed by atoms with van der Waals surface area (Å²) < 4.78 is 0. The fraction of sp³-hybridized carbons (Fsp3) is 0.429. The number of hydrogen-bond donors (Lipinski definition) is 2. The van der Waals surface area contributed by atoms with Crippen LogP contribution in [-0.2, 0) is 16.2 Å². The number of nitrogens with one attached hydrogen (secondary N) is 1. The number of carbonyl (C=O) groups excluding carboxylic acids is 1. The number of carbonyl (C=O) groups is 1. The van der Waals surface area contributed by atoms with Gasteiger partial charge >= 0.3 is 0 Å². The molecule has 0 aliphatic carbocycles. The molecule has 20 heavy (non-hydrogen) atoms. The van der Waals surface area contributed by atoms with E-state index in [4.69, 9.17) is 9.94 Å². The van der Waals surface area contributed by atoms with E-state index < -0.39 is 0 Å². The van der Waals surface area contributed by atoms with Crippen molar-refractivity contribution in [2.45, 2.75) is 32.5 Å². The van der Waals surface area contributed by atoms with Gasteiger partial charge in [0.25, 0.3) is 0 Å².